The van der Waals surface area contributed by atoms with Crippen LogP contribution in [0.1, 0.15) is 33.6 Å². The Bertz CT molecular complexity index is 250. The van der Waals surface area contributed by atoms with Crippen LogP contribution in [-0.2, 0) is 10.0 Å². The van der Waals surface area contributed by atoms with Gasteiger partial charge in [0.2, 0.25) is 10.0 Å². The third-order valence-electron chi connectivity index (χ3n) is 2.15. The molecule has 0 aliphatic heterocycles. The van der Waals surface area contributed by atoms with Crippen LogP contribution in [-0.4, -0.2) is 44.7 Å². The molecular formula is C10H24N2O2S. The van der Waals surface area contributed by atoms with E-state index in [0.29, 0.717) is 19.0 Å². The lowest BCUT2D eigenvalue weighted by atomic mass is 10.4. The Labute approximate surface area is 94.1 Å². The summed E-state index contributed by atoms with van der Waals surface area (Å²) in [4.78, 5) is 0. The van der Waals surface area contributed by atoms with Crippen LogP contribution in [0.5, 0.6) is 0 Å². The van der Waals surface area contributed by atoms with Crippen molar-refractivity contribution in [2.24, 2.45) is 0 Å². The molecule has 0 aliphatic rings. The summed E-state index contributed by atoms with van der Waals surface area (Å²) in [6, 6.07) is 0.418. The highest BCUT2D eigenvalue weighted by Crippen LogP contribution is 2.01. The summed E-state index contributed by atoms with van der Waals surface area (Å²) in [5, 5.41) is 3.21. The number of hydrogen-bond donors (Lipinski definition) is 1. The fraction of sp³-hybridized carbons (Fsp3) is 1.00. The third kappa shape index (κ3) is 6.87. The van der Waals surface area contributed by atoms with Gasteiger partial charge in [-0.05, 0) is 19.4 Å². The second-order valence-corrected chi connectivity index (χ2v) is 6.30. The molecule has 0 amide bonds. The standard InChI is InChI=1S/C10H24N2O2S/c1-5-8-12(4)15(13,14)9-6-7-11-10(2)3/h10-11H,5-9H2,1-4H3. The van der Waals surface area contributed by atoms with Crippen LogP contribution < -0.4 is 5.32 Å². The molecule has 0 aliphatic carbocycles. The van der Waals surface area contributed by atoms with E-state index >= 15 is 0 Å². The van der Waals surface area contributed by atoms with Gasteiger partial charge >= 0.3 is 0 Å². The van der Waals surface area contributed by atoms with Crippen molar-refractivity contribution in [2.75, 3.05) is 25.9 Å². The van der Waals surface area contributed by atoms with Crippen molar-refractivity contribution >= 4 is 10.0 Å². The summed E-state index contributed by atoms with van der Waals surface area (Å²) < 4.78 is 24.8. The Balaban J connectivity index is 3.84. The molecule has 0 aromatic rings. The van der Waals surface area contributed by atoms with E-state index in [1.54, 1.807) is 7.05 Å². The van der Waals surface area contributed by atoms with Crippen LogP contribution in [0.25, 0.3) is 0 Å². The van der Waals surface area contributed by atoms with E-state index in [4.69, 9.17) is 0 Å². The Kier molecular flexibility index (Phi) is 7.13. The highest BCUT2D eigenvalue weighted by molar-refractivity contribution is 7.89. The smallest absolute Gasteiger partial charge is 0.213 e. The summed E-state index contributed by atoms with van der Waals surface area (Å²) >= 11 is 0. The second kappa shape index (κ2) is 7.19. The maximum atomic E-state index is 11.7. The van der Waals surface area contributed by atoms with Crippen LogP contribution in [0, 0.1) is 0 Å². The first-order chi connectivity index (χ1) is 6.90. The van der Waals surface area contributed by atoms with Gasteiger partial charge in [-0.25, -0.2) is 12.7 Å². The maximum absolute atomic E-state index is 11.7. The summed E-state index contributed by atoms with van der Waals surface area (Å²) in [5.41, 5.74) is 0. The van der Waals surface area contributed by atoms with Gasteiger partial charge in [0.1, 0.15) is 0 Å². The molecule has 0 spiro atoms. The number of hydrogen-bond acceptors (Lipinski definition) is 3. The topological polar surface area (TPSA) is 49.4 Å². The molecule has 0 radical (unpaired) electrons. The Morgan fingerprint density at radius 3 is 2.40 bits per heavy atom. The lowest BCUT2D eigenvalue weighted by Gasteiger charge is -2.16. The Hall–Kier alpha value is -0.130. The molecule has 0 saturated heterocycles. The average Bonchev–Trinajstić information content (AvgIpc) is 2.12. The second-order valence-electron chi connectivity index (χ2n) is 4.10. The fourth-order valence-electron chi connectivity index (χ4n) is 1.26. The first-order valence-electron chi connectivity index (χ1n) is 5.57. The van der Waals surface area contributed by atoms with Crippen LogP contribution in [0.15, 0.2) is 0 Å². The van der Waals surface area contributed by atoms with E-state index < -0.39 is 10.0 Å². The molecule has 0 saturated carbocycles. The van der Waals surface area contributed by atoms with E-state index in [-0.39, 0.29) is 5.75 Å². The SMILES string of the molecule is CCCN(C)S(=O)(=O)CCCNC(C)C. The van der Waals surface area contributed by atoms with Crippen LogP contribution in [0.3, 0.4) is 0 Å². The Morgan fingerprint density at radius 2 is 1.93 bits per heavy atom. The van der Waals surface area contributed by atoms with E-state index in [9.17, 15) is 8.42 Å². The van der Waals surface area contributed by atoms with Crippen molar-refractivity contribution in [1.82, 2.24) is 9.62 Å². The molecule has 0 unspecified atom stereocenters. The molecule has 1 N–H and O–H groups in total. The van der Waals surface area contributed by atoms with Gasteiger partial charge in [0.15, 0.2) is 0 Å². The van der Waals surface area contributed by atoms with Crippen molar-refractivity contribution in [3.05, 3.63) is 0 Å². The molecule has 0 fully saturated rings. The predicted molar refractivity (Wildman–Crippen MR) is 64.5 cm³/mol. The summed E-state index contributed by atoms with van der Waals surface area (Å²) in [6.45, 7) is 7.46. The van der Waals surface area contributed by atoms with Crippen molar-refractivity contribution in [3.63, 3.8) is 0 Å². The Morgan fingerprint density at radius 1 is 1.33 bits per heavy atom. The number of sulfonamides is 1. The minimum atomic E-state index is -3.03. The van der Waals surface area contributed by atoms with Crippen molar-refractivity contribution in [3.8, 4) is 0 Å². The number of nitrogens with zero attached hydrogens (tertiary/aromatic N) is 1. The molecule has 5 heteroatoms. The first-order valence-corrected chi connectivity index (χ1v) is 7.18. The van der Waals surface area contributed by atoms with Gasteiger partial charge in [0.05, 0.1) is 5.75 Å². The molecule has 15 heavy (non-hydrogen) atoms. The van der Waals surface area contributed by atoms with E-state index in [1.165, 1.54) is 4.31 Å². The van der Waals surface area contributed by atoms with Crippen molar-refractivity contribution in [2.45, 2.75) is 39.7 Å². The lowest BCUT2D eigenvalue weighted by molar-refractivity contribution is 0.465. The largest absolute Gasteiger partial charge is 0.314 e. The molecule has 4 nitrogen and oxygen atoms in total. The predicted octanol–water partition coefficient (Wildman–Crippen LogP) is 1.05. The van der Waals surface area contributed by atoms with Crippen LogP contribution >= 0.6 is 0 Å². The minimum Gasteiger partial charge on any atom is -0.314 e. The van der Waals surface area contributed by atoms with E-state index in [0.717, 1.165) is 13.0 Å². The zero-order valence-corrected chi connectivity index (χ0v) is 11.1. The zero-order chi connectivity index (χ0) is 11.9. The maximum Gasteiger partial charge on any atom is 0.213 e. The van der Waals surface area contributed by atoms with Crippen LogP contribution in [0.2, 0.25) is 0 Å². The van der Waals surface area contributed by atoms with Gasteiger partial charge in [0.25, 0.3) is 0 Å². The first kappa shape index (κ1) is 14.9. The molecule has 0 atom stereocenters. The quantitative estimate of drug-likeness (QED) is 0.641. The van der Waals surface area contributed by atoms with Crippen LogP contribution in [0.4, 0.5) is 0 Å². The highest BCUT2D eigenvalue weighted by Gasteiger charge is 2.15. The average molecular weight is 236 g/mol. The number of rotatable bonds is 8. The van der Waals surface area contributed by atoms with Gasteiger partial charge < -0.3 is 5.32 Å². The van der Waals surface area contributed by atoms with E-state index in [1.807, 2.05) is 6.92 Å². The molecule has 0 rings (SSSR count). The molecule has 0 aromatic carbocycles. The molecule has 0 heterocycles. The zero-order valence-electron chi connectivity index (χ0n) is 10.3. The lowest BCUT2D eigenvalue weighted by Crippen LogP contribution is -2.32. The summed E-state index contributed by atoms with van der Waals surface area (Å²) in [6.07, 6.45) is 1.54. The van der Waals surface area contributed by atoms with Gasteiger partial charge in [-0.3, -0.25) is 0 Å². The molecule has 0 bridgehead atoms. The van der Waals surface area contributed by atoms with Gasteiger partial charge in [-0.2, -0.15) is 0 Å². The molecule has 0 aromatic heterocycles. The van der Waals surface area contributed by atoms with Gasteiger partial charge in [-0.15, -0.1) is 0 Å². The van der Waals surface area contributed by atoms with Gasteiger partial charge in [-0.1, -0.05) is 20.8 Å². The van der Waals surface area contributed by atoms with Gasteiger partial charge in [0, 0.05) is 19.6 Å². The fourth-order valence-corrected chi connectivity index (χ4v) is 2.54. The third-order valence-corrected chi connectivity index (χ3v) is 4.08. The monoisotopic (exact) mass is 236 g/mol. The summed E-state index contributed by atoms with van der Waals surface area (Å²) in [5.74, 6) is 0.239. The minimum absolute atomic E-state index is 0.239. The van der Waals surface area contributed by atoms with E-state index in [2.05, 4.69) is 19.2 Å². The molecule has 92 valence electrons. The van der Waals surface area contributed by atoms with Crippen molar-refractivity contribution in [1.29, 1.82) is 0 Å². The highest BCUT2D eigenvalue weighted by atomic mass is 32.2. The molecular weight excluding hydrogens is 212 g/mol. The normalized spacial score (nSPS) is 12.7. The van der Waals surface area contributed by atoms with Crippen molar-refractivity contribution < 1.29 is 8.42 Å². The summed E-state index contributed by atoms with van der Waals surface area (Å²) in [7, 11) is -1.38. The number of nitrogens with one attached hydrogen (secondary N) is 1.